The number of fused-ring (bicyclic) bond motifs is 1. The molecule has 3 aromatic rings. The highest BCUT2D eigenvalue weighted by Crippen LogP contribution is 2.36. The van der Waals surface area contributed by atoms with E-state index < -0.39 is 0 Å². The predicted molar refractivity (Wildman–Crippen MR) is 114 cm³/mol. The van der Waals surface area contributed by atoms with E-state index in [1.165, 1.54) is 5.56 Å². The Bertz CT molecular complexity index is 948. The molecule has 142 valence electrons. The first-order valence-electron chi connectivity index (χ1n) is 8.78. The zero-order chi connectivity index (χ0) is 19.9. The van der Waals surface area contributed by atoms with E-state index in [1.807, 2.05) is 42.5 Å². The molecule has 1 aromatic heterocycles. The van der Waals surface area contributed by atoms with Gasteiger partial charge < -0.3 is 14.3 Å². The first kappa shape index (κ1) is 19.8. The minimum atomic E-state index is -0.354. The Morgan fingerprint density at radius 3 is 2.36 bits per heavy atom. The zero-order valence-corrected chi connectivity index (χ0v) is 17.2. The lowest BCUT2D eigenvalue weighted by molar-refractivity contribution is -0.108. The van der Waals surface area contributed by atoms with Gasteiger partial charge >= 0.3 is 0 Å². The molecule has 4 nitrogen and oxygen atoms in total. The molecule has 2 heterocycles. The maximum Gasteiger partial charge on any atom is 0.226 e. The fourth-order valence-electron chi connectivity index (χ4n) is 2.68. The lowest BCUT2D eigenvalue weighted by Crippen LogP contribution is -2.11. The summed E-state index contributed by atoms with van der Waals surface area (Å²) in [6, 6.07) is 21.4. The number of allylic oxidation sites excluding steroid dienone is 1. The Morgan fingerprint density at radius 2 is 1.75 bits per heavy atom. The van der Waals surface area contributed by atoms with Crippen LogP contribution in [0.15, 0.2) is 77.3 Å². The first-order chi connectivity index (χ1) is 13.6. The second-order valence-electron chi connectivity index (χ2n) is 6.20. The number of pyridine rings is 1. The molecule has 28 heavy (non-hydrogen) atoms. The normalized spacial score (nSPS) is 14.5. The van der Waals surface area contributed by atoms with Crippen molar-refractivity contribution in [2.75, 3.05) is 7.11 Å². The van der Waals surface area contributed by atoms with Crippen LogP contribution in [0.1, 0.15) is 22.6 Å². The van der Waals surface area contributed by atoms with Gasteiger partial charge in [-0.25, -0.2) is 0 Å². The van der Waals surface area contributed by atoms with Crippen LogP contribution < -0.4 is 9.47 Å². The van der Waals surface area contributed by atoms with Gasteiger partial charge in [0.25, 0.3) is 0 Å². The summed E-state index contributed by atoms with van der Waals surface area (Å²) in [5, 5.41) is 0. The Kier molecular flexibility index (Phi) is 6.61. The van der Waals surface area contributed by atoms with Gasteiger partial charge in [-0.15, -0.1) is 0 Å². The van der Waals surface area contributed by atoms with Crippen molar-refractivity contribution in [3.05, 3.63) is 94.0 Å². The van der Waals surface area contributed by atoms with Crippen LogP contribution >= 0.6 is 15.9 Å². The van der Waals surface area contributed by atoms with E-state index in [4.69, 9.17) is 9.47 Å². The number of methoxy groups -OCH3 is 1. The van der Waals surface area contributed by atoms with Crippen molar-refractivity contribution in [3.8, 4) is 11.8 Å². The standard InChI is InChI=1S/C16H13NO3.C7H7Br/c1-19-15-8-7-13-12(10-18)9-14(20-16(13)17-15)11-5-3-2-4-6-11;1-6-2-4-7(8)5-3-6/h2-10,12H,1H3;2-5H,1H3. The molecule has 5 heteroatoms. The Hall–Kier alpha value is -2.92. The fourth-order valence-corrected chi connectivity index (χ4v) is 2.94. The molecule has 1 atom stereocenters. The van der Waals surface area contributed by atoms with Crippen LogP contribution in [0.2, 0.25) is 0 Å². The van der Waals surface area contributed by atoms with Gasteiger partial charge in [0.1, 0.15) is 12.0 Å². The van der Waals surface area contributed by atoms with Crippen LogP contribution in [0.3, 0.4) is 0 Å². The molecule has 0 amide bonds. The largest absolute Gasteiger partial charge is 0.481 e. The number of ether oxygens (including phenoxy) is 2. The fraction of sp³-hybridized carbons (Fsp3) is 0.130. The third-order valence-electron chi connectivity index (χ3n) is 4.19. The summed E-state index contributed by atoms with van der Waals surface area (Å²) in [4.78, 5) is 15.6. The summed E-state index contributed by atoms with van der Waals surface area (Å²) >= 11 is 3.35. The van der Waals surface area contributed by atoms with Gasteiger partial charge in [0.2, 0.25) is 11.8 Å². The maximum absolute atomic E-state index is 11.3. The van der Waals surface area contributed by atoms with Crippen molar-refractivity contribution in [3.63, 3.8) is 0 Å². The lowest BCUT2D eigenvalue weighted by Gasteiger charge is -2.21. The SMILES string of the molecule is COc1ccc2c(n1)OC(c1ccccc1)=CC2C=O.Cc1ccc(Br)cc1. The minimum absolute atomic E-state index is 0.354. The Balaban J connectivity index is 0.000000236. The predicted octanol–water partition coefficient (Wildman–Crippen LogP) is 5.56. The van der Waals surface area contributed by atoms with Crippen molar-refractivity contribution >= 4 is 28.0 Å². The second-order valence-corrected chi connectivity index (χ2v) is 7.12. The number of rotatable bonds is 3. The van der Waals surface area contributed by atoms with E-state index in [-0.39, 0.29) is 5.92 Å². The summed E-state index contributed by atoms with van der Waals surface area (Å²) in [6.07, 6.45) is 2.69. The van der Waals surface area contributed by atoms with Gasteiger partial charge in [0.05, 0.1) is 13.0 Å². The molecule has 0 bridgehead atoms. The topological polar surface area (TPSA) is 48.4 Å². The molecular formula is C23H20BrNO3. The van der Waals surface area contributed by atoms with Crippen molar-refractivity contribution in [2.45, 2.75) is 12.8 Å². The number of carbonyl (C=O) groups is 1. The molecule has 2 aromatic carbocycles. The van der Waals surface area contributed by atoms with E-state index >= 15 is 0 Å². The van der Waals surface area contributed by atoms with Gasteiger partial charge in [-0.2, -0.15) is 4.98 Å². The highest BCUT2D eigenvalue weighted by atomic mass is 79.9. The summed E-state index contributed by atoms with van der Waals surface area (Å²) < 4.78 is 12.0. The van der Waals surface area contributed by atoms with Crippen molar-refractivity contribution < 1.29 is 14.3 Å². The monoisotopic (exact) mass is 437 g/mol. The van der Waals surface area contributed by atoms with Crippen LogP contribution in [0.25, 0.3) is 5.76 Å². The van der Waals surface area contributed by atoms with E-state index in [0.717, 1.165) is 21.9 Å². The highest BCUT2D eigenvalue weighted by molar-refractivity contribution is 9.10. The molecule has 1 unspecified atom stereocenters. The number of halogens is 1. The van der Waals surface area contributed by atoms with Gasteiger partial charge in [0, 0.05) is 21.7 Å². The molecule has 0 fully saturated rings. The van der Waals surface area contributed by atoms with E-state index in [9.17, 15) is 4.79 Å². The number of aromatic nitrogens is 1. The first-order valence-corrected chi connectivity index (χ1v) is 9.57. The van der Waals surface area contributed by atoms with E-state index in [1.54, 1.807) is 25.3 Å². The molecule has 0 spiro atoms. The summed E-state index contributed by atoms with van der Waals surface area (Å²) in [6.45, 7) is 2.08. The summed E-state index contributed by atoms with van der Waals surface area (Å²) in [5.41, 5.74) is 2.96. The number of hydrogen-bond donors (Lipinski definition) is 0. The number of aldehydes is 1. The number of benzene rings is 2. The second kappa shape index (κ2) is 9.33. The molecule has 0 N–H and O–H groups in total. The summed E-state index contributed by atoms with van der Waals surface area (Å²) in [5.74, 6) is 1.16. The number of nitrogens with zero attached hydrogens (tertiary/aromatic N) is 1. The van der Waals surface area contributed by atoms with Crippen LogP contribution in [0.5, 0.6) is 11.8 Å². The molecular weight excluding hydrogens is 418 g/mol. The maximum atomic E-state index is 11.3. The number of carbonyl (C=O) groups excluding carboxylic acids is 1. The van der Waals surface area contributed by atoms with Crippen LogP contribution in [-0.4, -0.2) is 18.4 Å². The van der Waals surface area contributed by atoms with Gasteiger partial charge in [-0.05, 0) is 31.2 Å². The number of aryl methyl sites for hydroxylation is 1. The third kappa shape index (κ3) is 4.87. The average molecular weight is 438 g/mol. The van der Waals surface area contributed by atoms with E-state index in [2.05, 4.69) is 40.0 Å². The van der Waals surface area contributed by atoms with Crippen LogP contribution in [0.4, 0.5) is 0 Å². The third-order valence-corrected chi connectivity index (χ3v) is 4.71. The molecule has 1 aliphatic heterocycles. The smallest absolute Gasteiger partial charge is 0.226 e. The quantitative estimate of drug-likeness (QED) is 0.502. The lowest BCUT2D eigenvalue weighted by atomic mass is 9.97. The molecule has 0 saturated carbocycles. The number of hydrogen-bond acceptors (Lipinski definition) is 4. The molecule has 4 rings (SSSR count). The molecule has 0 aliphatic carbocycles. The van der Waals surface area contributed by atoms with Crippen LogP contribution in [0, 0.1) is 6.92 Å². The van der Waals surface area contributed by atoms with Gasteiger partial charge in [-0.3, -0.25) is 0 Å². The van der Waals surface area contributed by atoms with Crippen molar-refractivity contribution in [2.24, 2.45) is 0 Å². The molecule has 0 saturated heterocycles. The molecule has 1 aliphatic rings. The highest BCUT2D eigenvalue weighted by Gasteiger charge is 2.24. The minimum Gasteiger partial charge on any atom is -0.481 e. The van der Waals surface area contributed by atoms with Crippen molar-refractivity contribution in [1.29, 1.82) is 0 Å². The van der Waals surface area contributed by atoms with Crippen LogP contribution in [-0.2, 0) is 4.79 Å². The Morgan fingerprint density at radius 1 is 1.04 bits per heavy atom. The molecule has 0 radical (unpaired) electrons. The van der Waals surface area contributed by atoms with Crippen molar-refractivity contribution in [1.82, 2.24) is 4.98 Å². The average Bonchev–Trinajstić information content (AvgIpc) is 2.75. The van der Waals surface area contributed by atoms with Gasteiger partial charge in [-0.1, -0.05) is 64.0 Å². The Labute approximate surface area is 173 Å². The summed E-state index contributed by atoms with van der Waals surface area (Å²) in [7, 11) is 1.54. The zero-order valence-electron chi connectivity index (χ0n) is 15.6. The van der Waals surface area contributed by atoms with E-state index in [0.29, 0.717) is 17.5 Å². The van der Waals surface area contributed by atoms with Gasteiger partial charge in [0.15, 0.2) is 0 Å².